The van der Waals surface area contributed by atoms with Crippen LogP contribution in [0.2, 0.25) is 5.28 Å². The second-order valence-corrected chi connectivity index (χ2v) is 3.41. The number of ether oxygens (including phenoxy) is 1. The highest BCUT2D eigenvalue weighted by atomic mass is 35.5. The first-order valence-corrected chi connectivity index (χ1v) is 4.37. The van der Waals surface area contributed by atoms with E-state index in [1.165, 1.54) is 12.4 Å². The molecule has 4 nitrogen and oxygen atoms in total. The molecule has 0 aromatic carbocycles. The summed E-state index contributed by atoms with van der Waals surface area (Å²) in [6.07, 6.45) is 3.64. The minimum atomic E-state index is -0.926. The topological polar surface area (TPSA) is 55.2 Å². The second kappa shape index (κ2) is 3.21. The Morgan fingerprint density at radius 1 is 1.46 bits per heavy atom. The summed E-state index contributed by atoms with van der Waals surface area (Å²) < 4.78 is 5.11. The molecule has 0 bridgehead atoms. The van der Waals surface area contributed by atoms with Crippen molar-refractivity contribution in [1.29, 1.82) is 0 Å². The molecule has 1 fully saturated rings. The Bertz CT molecular complexity index is 296. The largest absolute Gasteiger partial charge is 0.383 e. The SMILES string of the molecule is OC1(c2cnc(Cl)nc2)CCOC1. The molecule has 1 unspecified atom stereocenters. The number of aromatic nitrogens is 2. The molecule has 1 aliphatic heterocycles. The van der Waals surface area contributed by atoms with Gasteiger partial charge in [-0.25, -0.2) is 9.97 Å². The Morgan fingerprint density at radius 2 is 2.15 bits per heavy atom. The van der Waals surface area contributed by atoms with Crippen LogP contribution < -0.4 is 0 Å². The number of hydrogen-bond donors (Lipinski definition) is 1. The highest BCUT2D eigenvalue weighted by molar-refractivity contribution is 6.28. The van der Waals surface area contributed by atoms with E-state index in [-0.39, 0.29) is 5.28 Å². The van der Waals surface area contributed by atoms with Crippen LogP contribution in [0.25, 0.3) is 0 Å². The van der Waals surface area contributed by atoms with Crippen molar-refractivity contribution in [3.63, 3.8) is 0 Å². The van der Waals surface area contributed by atoms with Crippen molar-refractivity contribution in [2.45, 2.75) is 12.0 Å². The molecule has 0 amide bonds. The third kappa shape index (κ3) is 1.65. The lowest BCUT2D eigenvalue weighted by molar-refractivity contribution is 0.0226. The molecule has 2 heterocycles. The zero-order valence-corrected chi connectivity index (χ0v) is 7.66. The van der Waals surface area contributed by atoms with Gasteiger partial charge >= 0.3 is 0 Å². The van der Waals surface area contributed by atoms with Crippen molar-refractivity contribution >= 4 is 11.6 Å². The van der Waals surface area contributed by atoms with Crippen molar-refractivity contribution < 1.29 is 9.84 Å². The number of halogens is 1. The summed E-state index contributed by atoms with van der Waals surface area (Å²) in [5, 5.41) is 10.2. The maximum Gasteiger partial charge on any atom is 0.222 e. The molecule has 1 aromatic heterocycles. The number of rotatable bonds is 1. The number of hydrogen-bond acceptors (Lipinski definition) is 4. The molecule has 1 aromatic rings. The van der Waals surface area contributed by atoms with Gasteiger partial charge in [-0.2, -0.15) is 0 Å². The van der Waals surface area contributed by atoms with Gasteiger partial charge in [0, 0.05) is 31.0 Å². The van der Waals surface area contributed by atoms with Gasteiger partial charge in [0.15, 0.2) is 0 Å². The van der Waals surface area contributed by atoms with Crippen LogP contribution in [0, 0.1) is 0 Å². The molecular weight excluding hydrogens is 192 g/mol. The standard InChI is InChI=1S/C8H9ClN2O2/c9-7-10-3-6(4-11-7)8(12)1-2-13-5-8/h3-4,12H,1-2,5H2. The average molecular weight is 201 g/mol. The summed E-state index contributed by atoms with van der Waals surface area (Å²) in [6, 6.07) is 0. The van der Waals surface area contributed by atoms with Crippen molar-refractivity contribution in [3.8, 4) is 0 Å². The van der Waals surface area contributed by atoms with Crippen LogP contribution in [-0.4, -0.2) is 28.3 Å². The minimum Gasteiger partial charge on any atom is -0.383 e. The normalized spacial score (nSPS) is 27.8. The van der Waals surface area contributed by atoms with Gasteiger partial charge in [0.1, 0.15) is 5.60 Å². The van der Waals surface area contributed by atoms with Gasteiger partial charge in [0.2, 0.25) is 5.28 Å². The maximum absolute atomic E-state index is 10.0. The molecule has 1 saturated heterocycles. The van der Waals surface area contributed by atoms with E-state index in [4.69, 9.17) is 16.3 Å². The van der Waals surface area contributed by atoms with Crippen LogP contribution in [0.1, 0.15) is 12.0 Å². The van der Waals surface area contributed by atoms with E-state index in [0.717, 1.165) is 0 Å². The fourth-order valence-corrected chi connectivity index (χ4v) is 1.43. The highest BCUT2D eigenvalue weighted by Crippen LogP contribution is 2.29. The fourth-order valence-electron chi connectivity index (χ4n) is 1.33. The summed E-state index contributed by atoms with van der Waals surface area (Å²) >= 11 is 5.53. The lowest BCUT2D eigenvalue weighted by Crippen LogP contribution is -2.25. The summed E-state index contributed by atoms with van der Waals surface area (Å²) in [7, 11) is 0. The second-order valence-electron chi connectivity index (χ2n) is 3.07. The first kappa shape index (κ1) is 8.87. The molecule has 1 aliphatic rings. The zero-order valence-electron chi connectivity index (χ0n) is 6.90. The van der Waals surface area contributed by atoms with Gasteiger partial charge in [-0.3, -0.25) is 0 Å². The van der Waals surface area contributed by atoms with Gasteiger partial charge in [-0.1, -0.05) is 0 Å². The highest BCUT2D eigenvalue weighted by Gasteiger charge is 2.34. The quantitative estimate of drug-likeness (QED) is 0.680. The van der Waals surface area contributed by atoms with E-state index in [0.29, 0.717) is 25.2 Å². The molecule has 0 spiro atoms. The zero-order chi connectivity index (χ0) is 9.31. The Hall–Kier alpha value is -0.710. The van der Waals surface area contributed by atoms with E-state index >= 15 is 0 Å². The van der Waals surface area contributed by atoms with Crippen LogP contribution >= 0.6 is 11.6 Å². The third-order valence-electron chi connectivity index (χ3n) is 2.16. The molecule has 13 heavy (non-hydrogen) atoms. The first-order chi connectivity index (χ1) is 6.21. The van der Waals surface area contributed by atoms with Crippen LogP contribution in [-0.2, 0) is 10.3 Å². The molecule has 70 valence electrons. The summed E-state index contributed by atoms with van der Waals surface area (Å²) in [6.45, 7) is 0.872. The molecule has 2 rings (SSSR count). The van der Waals surface area contributed by atoms with E-state index in [2.05, 4.69) is 9.97 Å². The number of aliphatic hydroxyl groups is 1. The van der Waals surface area contributed by atoms with Crippen LogP contribution in [0.3, 0.4) is 0 Å². The maximum atomic E-state index is 10.0. The van der Waals surface area contributed by atoms with Gasteiger partial charge in [-0.15, -0.1) is 0 Å². The van der Waals surface area contributed by atoms with Gasteiger partial charge < -0.3 is 9.84 Å². The smallest absolute Gasteiger partial charge is 0.222 e. The van der Waals surface area contributed by atoms with Crippen molar-refractivity contribution in [1.82, 2.24) is 9.97 Å². The minimum absolute atomic E-state index is 0.186. The van der Waals surface area contributed by atoms with Crippen molar-refractivity contribution in [3.05, 3.63) is 23.2 Å². The van der Waals surface area contributed by atoms with E-state index < -0.39 is 5.60 Å². The first-order valence-electron chi connectivity index (χ1n) is 3.99. The lowest BCUT2D eigenvalue weighted by Gasteiger charge is -2.19. The molecule has 0 saturated carbocycles. The molecule has 0 aliphatic carbocycles. The van der Waals surface area contributed by atoms with E-state index in [1.54, 1.807) is 0 Å². The monoisotopic (exact) mass is 200 g/mol. The Kier molecular flexibility index (Phi) is 2.19. The fraction of sp³-hybridized carbons (Fsp3) is 0.500. The van der Waals surface area contributed by atoms with Crippen LogP contribution in [0.15, 0.2) is 12.4 Å². The molecule has 1 N–H and O–H groups in total. The summed E-state index contributed by atoms with van der Waals surface area (Å²) in [5.41, 5.74) is -0.265. The Labute approximate surface area is 80.5 Å². The Balaban J connectivity index is 2.29. The summed E-state index contributed by atoms with van der Waals surface area (Å²) in [4.78, 5) is 7.62. The number of nitrogens with zero attached hydrogens (tertiary/aromatic N) is 2. The van der Waals surface area contributed by atoms with Crippen LogP contribution in [0.4, 0.5) is 0 Å². The molecule has 0 radical (unpaired) electrons. The molecular formula is C8H9ClN2O2. The van der Waals surface area contributed by atoms with Crippen LogP contribution in [0.5, 0.6) is 0 Å². The van der Waals surface area contributed by atoms with E-state index in [1.807, 2.05) is 0 Å². The lowest BCUT2D eigenvalue weighted by atomic mass is 9.96. The van der Waals surface area contributed by atoms with Gasteiger partial charge in [0.05, 0.1) is 6.61 Å². The third-order valence-corrected chi connectivity index (χ3v) is 2.35. The van der Waals surface area contributed by atoms with Crippen molar-refractivity contribution in [2.24, 2.45) is 0 Å². The predicted molar refractivity (Wildman–Crippen MR) is 46.4 cm³/mol. The molecule has 1 atom stereocenters. The summed E-state index contributed by atoms with van der Waals surface area (Å²) in [5.74, 6) is 0. The van der Waals surface area contributed by atoms with Crippen molar-refractivity contribution in [2.75, 3.05) is 13.2 Å². The Morgan fingerprint density at radius 3 is 2.69 bits per heavy atom. The molecule has 5 heteroatoms. The van der Waals surface area contributed by atoms with Gasteiger partial charge in [0.25, 0.3) is 0 Å². The van der Waals surface area contributed by atoms with E-state index in [9.17, 15) is 5.11 Å². The van der Waals surface area contributed by atoms with Gasteiger partial charge in [-0.05, 0) is 11.6 Å². The average Bonchev–Trinajstić information content (AvgIpc) is 2.54. The predicted octanol–water partition coefficient (Wildman–Crippen LogP) is 0.738.